The minimum atomic E-state index is -2.58. The van der Waals surface area contributed by atoms with E-state index in [1.165, 1.54) is 0 Å². The second-order valence-electron chi connectivity index (χ2n) is 6.53. The number of thiol groups is 1. The molecule has 1 aliphatic rings. The summed E-state index contributed by atoms with van der Waals surface area (Å²) in [5.74, 6) is 0.128. The van der Waals surface area contributed by atoms with Crippen molar-refractivity contribution in [3.63, 3.8) is 0 Å². The molecule has 150 valence electrons. The summed E-state index contributed by atoms with van der Waals surface area (Å²) >= 11 is 12.1. The van der Waals surface area contributed by atoms with Crippen molar-refractivity contribution in [2.24, 2.45) is 0 Å². The number of halogens is 2. The van der Waals surface area contributed by atoms with Gasteiger partial charge in [-0.05, 0) is 49.7 Å². The van der Waals surface area contributed by atoms with Crippen molar-refractivity contribution in [1.29, 1.82) is 0 Å². The van der Waals surface area contributed by atoms with Crippen LogP contribution in [0.4, 0.5) is 5.69 Å². The number of amides is 1. The topological polar surface area (TPSA) is 75.7 Å². The van der Waals surface area contributed by atoms with Gasteiger partial charge in [-0.25, -0.2) is 8.42 Å². The summed E-state index contributed by atoms with van der Waals surface area (Å²) in [5.41, 5.74) is 0.923. The van der Waals surface area contributed by atoms with Crippen molar-refractivity contribution < 1.29 is 17.9 Å². The van der Waals surface area contributed by atoms with E-state index < -0.39 is 16.8 Å². The molecule has 0 bridgehead atoms. The van der Waals surface area contributed by atoms with Crippen LogP contribution in [-0.4, -0.2) is 39.6 Å². The normalized spacial score (nSPS) is 17.6. The first-order valence-electron chi connectivity index (χ1n) is 8.75. The fourth-order valence-corrected chi connectivity index (χ4v) is 3.76. The molecule has 28 heavy (non-hydrogen) atoms. The molecule has 0 aromatic heterocycles. The van der Waals surface area contributed by atoms with Crippen LogP contribution in [0.2, 0.25) is 10.0 Å². The van der Waals surface area contributed by atoms with Gasteiger partial charge in [-0.15, -0.1) is 0 Å². The molecule has 2 atom stereocenters. The summed E-state index contributed by atoms with van der Waals surface area (Å²) in [4.78, 5) is 14.9. The van der Waals surface area contributed by atoms with Gasteiger partial charge in [0.2, 0.25) is 0 Å². The van der Waals surface area contributed by atoms with E-state index in [9.17, 15) is 13.2 Å². The highest BCUT2D eigenvalue weighted by atomic mass is 35.5. The zero-order chi connectivity index (χ0) is 20.3. The fourth-order valence-electron chi connectivity index (χ4n) is 3.04. The van der Waals surface area contributed by atoms with Crippen LogP contribution in [-0.2, 0) is 15.5 Å². The molecule has 0 spiro atoms. The molecule has 3 rings (SSSR count). The number of carbonyl (C=O) groups excluding carboxylic acids is 1. The van der Waals surface area contributed by atoms with E-state index in [0.29, 0.717) is 17.3 Å². The molecule has 0 unspecified atom stereocenters. The molecule has 1 aliphatic heterocycles. The predicted octanol–water partition coefficient (Wildman–Crippen LogP) is 3.13. The van der Waals surface area contributed by atoms with Crippen molar-refractivity contribution in [3.05, 3.63) is 52.5 Å². The molecule has 0 saturated carbocycles. The zero-order valence-corrected chi connectivity index (χ0v) is 17.5. The number of carbonyl (C=O) groups is 1. The Morgan fingerprint density at radius 3 is 2.61 bits per heavy atom. The maximum atomic E-state index is 12.5. The van der Waals surface area contributed by atoms with Crippen LogP contribution in [0.15, 0.2) is 47.4 Å². The Labute approximate surface area is 175 Å². The van der Waals surface area contributed by atoms with E-state index >= 15 is 0 Å². The van der Waals surface area contributed by atoms with Gasteiger partial charge in [-0.2, -0.15) is 0 Å². The lowest BCUT2D eigenvalue weighted by molar-refractivity contribution is -0.127. The van der Waals surface area contributed by atoms with Gasteiger partial charge in [0.15, 0.2) is 16.8 Å². The SMILES string of the molecule is C[C@@H](Oc1cccc(Cl)c1Cl)C(=O)N[C@H]1CCN(c2ccc([SH](=O)=O)cc2)C1. The average Bonchev–Trinajstić information content (AvgIpc) is 3.14. The van der Waals surface area contributed by atoms with Crippen LogP contribution in [0.5, 0.6) is 5.75 Å². The summed E-state index contributed by atoms with van der Waals surface area (Å²) < 4.78 is 27.6. The second kappa shape index (κ2) is 9.03. The molecule has 1 N–H and O–H groups in total. The Morgan fingerprint density at radius 2 is 1.93 bits per heavy atom. The molecule has 1 fully saturated rings. The molecule has 1 heterocycles. The van der Waals surface area contributed by atoms with Crippen LogP contribution in [0.1, 0.15) is 13.3 Å². The van der Waals surface area contributed by atoms with E-state index in [1.807, 2.05) is 0 Å². The van der Waals surface area contributed by atoms with Gasteiger partial charge in [0.1, 0.15) is 10.8 Å². The molecule has 0 radical (unpaired) electrons. The molecule has 9 heteroatoms. The first-order chi connectivity index (χ1) is 13.3. The molecular weight excluding hydrogens is 423 g/mol. The molecule has 0 aliphatic carbocycles. The largest absolute Gasteiger partial charge is 0.479 e. The van der Waals surface area contributed by atoms with E-state index in [1.54, 1.807) is 49.4 Å². The molecular formula is C19H20Cl2N2O4S. The summed E-state index contributed by atoms with van der Waals surface area (Å²) in [5, 5.41) is 3.63. The number of nitrogens with zero attached hydrogens (tertiary/aromatic N) is 1. The van der Waals surface area contributed by atoms with E-state index in [-0.39, 0.29) is 21.9 Å². The maximum absolute atomic E-state index is 12.5. The van der Waals surface area contributed by atoms with Crippen molar-refractivity contribution in [2.75, 3.05) is 18.0 Å². The monoisotopic (exact) mass is 442 g/mol. The van der Waals surface area contributed by atoms with Crippen LogP contribution in [0.25, 0.3) is 0 Å². The predicted molar refractivity (Wildman–Crippen MR) is 110 cm³/mol. The third-order valence-electron chi connectivity index (χ3n) is 4.55. The van der Waals surface area contributed by atoms with Crippen LogP contribution in [0, 0.1) is 0 Å². The first kappa shape index (κ1) is 20.8. The Kier molecular flexibility index (Phi) is 6.69. The fraction of sp³-hybridized carbons (Fsp3) is 0.316. The Balaban J connectivity index is 1.55. The zero-order valence-electron chi connectivity index (χ0n) is 15.1. The number of anilines is 1. The van der Waals surface area contributed by atoms with Crippen molar-refractivity contribution in [1.82, 2.24) is 5.32 Å². The van der Waals surface area contributed by atoms with Gasteiger partial charge in [0, 0.05) is 24.8 Å². The summed E-state index contributed by atoms with van der Waals surface area (Å²) in [6.07, 6.45) is 0.0613. The minimum Gasteiger partial charge on any atom is -0.479 e. The van der Waals surface area contributed by atoms with Gasteiger partial charge in [-0.3, -0.25) is 4.79 Å². The second-order valence-corrected chi connectivity index (χ2v) is 8.34. The molecule has 2 aromatic carbocycles. The van der Waals surface area contributed by atoms with Gasteiger partial charge < -0.3 is 15.0 Å². The van der Waals surface area contributed by atoms with Crippen molar-refractivity contribution in [3.8, 4) is 5.75 Å². The number of rotatable bonds is 6. The quantitative estimate of drug-likeness (QED) is 0.672. The lowest BCUT2D eigenvalue weighted by atomic mass is 10.2. The third-order valence-corrected chi connectivity index (χ3v) is 6.07. The number of hydrogen-bond acceptors (Lipinski definition) is 5. The first-order valence-corrected chi connectivity index (χ1v) is 10.7. The van der Waals surface area contributed by atoms with Gasteiger partial charge in [0.25, 0.3) is 5.91 Å². The van der Waals surface area contributed by atoms with Gasteiger partial charge >= 0.3 is 0 Å². The molecule has 6 nitrogen and oxygen atoms in total. The van der Waals surface area contributed by atoms with Crippen LogP contribution < -0.4 is 15.0 Å². The van der Waals surface area contributed by atoms with Gasteiger partial charge in [-0.1, -0.05) is 29.3 Å². The standard InChI is InChI=1S/C19H20Cl2N2O4S/c1-12(27-17-4-2-3-16(20)18(17)21)19(24)22-13-9-10-23(11-13)14-5-7-15(8-6-14)28(25)26/h2-8,12-13,28H,9-11H2,1H3,(H,22,24)/t12-,13+/m1/s1. The van der Waals surface area contributed by atoms with E-state index in [2.05, 4.69) is 10.2 Å². The highest BCUT2D eigenvalue weighted by Crippen LogP contribution is 2.32. The number of hydrogen-bond donors (Lipinski definition) is 2. The van der Waals surface area contributed by atoms with E-state index in [4.69, 9.17) is 27.9 Å². The Morgan fingerprint density at radius 1 is 1.21 bits per heavy atom. The van der Waals surface area contributed by atoms with Crippen LogP contribution >= 0.6 is 23.2 Å². The summed E-state index contributed by atoms with van der Waals surface area (Å²) in [6.45, 7) is 3.06. The molecule has 2 aromatic rings. The number of ether oxygens (including phenoxy) is 1. The van der Waals surface area contributed by atoms with Crippen molar-refractivity contribution >= 4 is 45.5 Å². The molecule has 1 amide bonds. The third kappa shape index (κ3) is 4.90. The molecule has 1 saturated heterocycles. The number of nitrogens with one attached hydrogen (secondary N) is 1. The highest BCUT2D eigenvalue weighted by molar-refractivity contribution is 7.72. The lowest BCUT2D eigenvalue weighted by Crippen LogP contribution is -2.43. The van der Waals surface area contributed by atoms with Crippen LogP contribution in [0.3, 0.4) is 0 Å². The van der Waals surface area contributed by atoms with E-state index in [0.717, 1.165) is 18.7 Å². The smallest absolute Gasteiger partial charge is 0.261 e. The van der Waals surface area contributed by atoms with Crippen molar-refractivity contribution in [2.45, 2.75) is 30.4 Å². The Bertz CT molecular complexity index is 926. The van der Waals surface area contributed by atoms with Gasteiger partial charge in [0.05, 0.1) is 9.92 Å². The maximum Gasteiger partial charge on any atom is 0.261 e. The summed E-state index contributed by atoms with van der Waals surface area (Å²) in [7, 11) is -2.58. The highest BCUT2D eigenvalue weighted by Gasteiger charge is 2.26. The minimum absolute atomic E-state index is 0.0239. The summed E-state index contributed by atoms with van der Waals surface area (Å²) in [6, 6.07) is 11.7. The lowest BCUT2D eigenvalue weighted by Gasteiger charge is -2.21. The average molecular weight is 443 g/mol. The number of benzene rings is 2. The Hall–Kier alpha value is -1.96.